The van der Waals surface area contributed by atoms with Crippen LogP contribution in [0.1, 0.15) is 316 Å². The molecule has 0 saturated heterocycles. The number of rotatable bonds is 61. The predicted octanol–water partition coefficient (Wildman–Crippen LogP) is 20.2. The Kier molecular flexibility index (Phi) is 57.1. The minimum absolute atomic E-state index is 0.0338. The summed E-state index contributed by atoms with van der Waals surface area (Å²) in [5, 5.41) is 0. The maximum absolute atomic E-state index is 12.8. The van der Waals surface area contributed by atoms with Gasteiger partial charge in [-0.05, 0) is 51.4 Å². The second-order valence-electron chi connectivity index (χ2n) is 23.5. The number of unbranched alkanes of at least 4 members (excludes halogenated alkanes) is 39. The summed E-state index contributed by atoms with van der Waals surface area (Å²) in [5.74, 6) is -0.837. The SMILES string of the molecule is CC/C=C\C/C=C\C/C=C\C/C=C\CCCCCCCCC(=O)OC(COC(=O)CCCCCCCCCCCCCCCCCCCCCCCCCCCCCCCCCCCC)COP(=O)([O-])OCC[N+](C)(C)C. The lowest BCUT2D eigenvalue weighted by Gasteiger charge is -2.28. The van der Waals surface area contributed by atoms with Gasteiger partial charge in [0.1, 0.15) is 19.8 Å². The third-order valence-electron chi connectivity index (χ3n) is 14.6. The number of phosphoric ester groups is 1. The van der Waals surface area contributed by atoms with E-state index in [1.54, 1.807) is 0 Å². The van der Waals surface area contributed by atoms with E-state index >= 15 is 0 Å². The summed E-state index contributed by atoms with van der Waals surface area (Å²) in [6.45, 7) is 4.15. The first-order valence-electron chi connectivity index (χ1n) is 32.8. The van der Waals surface area contributed by atoms with E-state index in [1.807, 2.05) is 21.1 Å². The molecule has 2 unspecified atom stereocenters. The van der Waals surface area contributed by atoms with Crippen LogP contribution in [0.5, 0.6) is 0 Å². The number of esters is 2. The first-order valence-corrected chi connectivity index (χ1v) is 34.3. The van der Waals surface area contributed by atoms with Crippen LogP contribution < -0.4 is 4.89 Å². The fraction of sp³-hybridized carbons (Fsp3) is 0.851. The molecule has 9 nitrogen and oxygen atoms in total. The van der Waals surface area contributed by atoms with E-state index in [2.05, 4.69) is 62.5 Å². The number of quaternary nitrogens is 1. The smallest absolute Gasteiger partial charge is 0.306 e. The van der Waals surface area contributed by atoms with Gasteiger partial charge in [-0.15, -0.1) is 0 Å². The molecule has 2 atom stereocenters. The molecule has 0 aromatic carbocycles. The highest BCUT2D eigenvalue weighted by molar-refractivity contribution is 7.45. The summed E-state index contributed by atoms with van der Waals surface area (Å²) in [6.07, 6.45) is 74.9. The van der Waals surface area contributed by atoms with Crippen LogP contribution in [0.25, 0.3) is 0 Å². The summed E-state index contributed by atoms with van der Waals surface area (Å²) in [5.41, 5.74) is 0. The van der Waals surface area contributed by atoms with Gasteiger partial charge >= 0.3 is 11.9 Å². The van der Waals surface area contributed by atoms with Crippen molar-refractivity contribution < 1.29 is 42.1 Å². The summed E-state index contributed by atoms with van der Waals surface area (Å²) >= 11 is 0. The average Bonchev–Trinajstić information content (AvgIpc) is 3.39. The molecule has 0 radical (unpaired) electrons. The lowest BCUT2D eigenvalue weighted by atomic mass is 10.0. The second-order valence-corrected chi connectivity index (χ2v) is 24.9. The molecule has 0 bridgehead atoms. The summed E-state index contributed by atoms with van der Waals surface area (Å²) in [6, 6.07) is 0. The van der Waals surface area contributed by atoms with E-state index in [-0.39, 0.29) is 32.0 Å². The first kappa shape index (κ1) is 75.0. The lowest BCUT2D eigenvalue weighted by Crippen LogP contribution is -2.37. The zero-order chi connectivity index (χ0) is 56.3. The van der Waals surface area contributed by atoms with E-state index in [0.717, 1.165) is 83.5 Å². The number of hydrogen-bond donors (Lipinski definition) is 0. The molecular weight excluding hydrogens is 978 g/mol. The average molecular weight is 1100 g/mol. The van der Waals surface area contributed by atoms with Crippen molar-refractivity contribution in [2.75, 3.05) is 47.5 Å². The summed E-state index contributed by atoms with van der Waals surface area (Å²) in [7, 11) is 1.16. The summed E-state index contributed by atoms with van der Waals surface area (Å²) < 4.78 is 34.2. The Morgan fingerprint density at radius 3 is 1.10 bits per heavy atom. The summed E-state index contributed by atoms with van der Waals surface area (Å²) in [4.78, 5) is 37.9. The Balaban J connectivity index is 3.97. The van der Waals surface area contributed by atoms with Gasteiger partial charge in [-0.3, -0.25) is 14.2 Å². The van der Waals surface area contributed by atoms with Crippen molar-refractivity contribution in [2.24, 2.45) is 0 Å². The quantitative estimate of drug-likeness (QED) is 0.0195. The first-order chi connectivity index (χ1) is 37.5. The van der Waals surface area contributed by atoms with Crippen molar-refractivity contribution in [2.45, 2.75) is 322 Å². The monoisotopic (exact) mass is 1100 g/mol. The van der Waals surface area contributed by atoms with Gasteiger partial charge in [0.05, 0.1) is 27.7 Å². The van der Waals surface area contributed by atoms with Gasteiger partial charge in [0.15, 0.2) is 6.10 Å². The molecule has 0 spiro atoms. The van der Waals surface area contributed by atoms with Gasteiger partial charge in [-0.25, -0.2) is 0 Å². The fourth-order valence-electron chi connectivity index (χ4n) is 9.59. The molecule has 0 aromatic heterocycles. The number of allylic oxidation sites excluding steroid dienone is 8. The van der Waals surface area contributed by atoms with E-state index in [0.29, 0.717) is 17.4 Å². The van der Waals surface area contributed by atoms with Gasteiger partial charge in [0.2, 0.25) is 0 Å². The third kappa shape index (κ3) is 63.0. The van der Waals surface area contributed by atoms with Crippen LogP contribution in [-0.4, -0.2) is 70.0 Å². The molecule has 77 heavy (non-hydrogen) atoms. The lowest BCUT2D eigenvalue weighted by molar-refractivity contribution is -0.870. The van der Waals surface area contributed by atoms with Crippen LogP contribution >= 0.6 is 7.82 Å². The Morgan fingerprint density at radius 2 is 0.740 bits per heavy atom. The largest absolute Gasteiger partial charge is 0.756 e. The molecule has 0 aliphatic carbocycles. The fourth-order valence-corrected chi connectivity index (χ4v) is 10.3. The molecule has 0 N–H and O–H groups in total. The van der Waals surface area contributed by atoms with Crippen LogP contribution in [0.15, 0.2) is 48.6 Å². The Hall–Kier alpha value is -2.03. The second kappa shape index (κ2) is 58.6. The Morgan fingerprint density at radius 1 is 0.416 bits per heavy atom. The topological polar surface area (TPSA) is 111 Å². The Labute approximate surface area is 477 Å². The van der Waals surface area contributed by atoms with Crippen LogP contribution in [0, 0.1) is 0 Å². The minimum atomic E-state index is -4.64. The number of likely N-dealkylation sites (N-methyl/N-ethyl adjacent to an activating group) is 1. The molecule has 10 heteroatoms. The highest BCUT2D eigenvalue weighted by atomic mass is 31.2. The van der Waals surface area contributed by atoms with E-state index in [4.69, 9.17) is 18.5 Å². The van der Waals surface area contributed by atoms with Gasteiger partial charge < -0.3 is 27.9 Å². The molecular formula is C67H126NO8P. The van der Waals surface area contributed by atoms with Gasteiger partial charge in [-0.1, -0.05) is 300 Å². The minimum Gasteiger partial charge on any atom is -0.756 e. The maximum atomic E-state index is 12.8. The van der Waals surface area contributed by atoms with Crippen LogP contribution in [0.3, 0.4) is 0 Å². The van der Waals surface area contributed by atoms with Crippen molar-refractivity contribution in [3.8, 4) is 0 Å². The molecule has 0 fully saturated rings. The number of phosphoric acid groups is 1. The molecule has 0 aliphatic heterocycles. The van der Waals surface area contributed by atoms with Crippen LogP contribution in [-0.2, 0) is 32.7 Å². The molecule has 0 heterocycles. The molecule has 0 saturated carbocycles. The number of nitrogens with zero attached hydrogens (tertiary/aromatic N) is 1. The highest BCUT2D eigenvalue weighted by Gasteiger charge is 2.22. The molecule has 0 amide bonds. The standard InChI is InChI=1S/C67H126NO8P/c1-6-8-10-12-14-16-18-20-22-24-26-27-28-29-30-31-32-33-34-35-36-37-38-39-40-42-43-45-47-49-51-53-55-57-59-66(69)73-63-65(64-75-77(71,72)74-62-61-68(3,4)5)76-67(70)60-58-56-54-52-50-48-46-44-41-25-23-21-19-17-15-13-11-9-7-2/h9,11,15,17,21,23,41,44,65H,6-8,10,12-14,16,18-20,22,24-40,42-43,45-64H2,1-5H3/b11-9-,17-15-,23-21-,44-41-. The number of carbonyl (C=O) groups excluding carboxylic acids is 2. The van der Waals surface area contributed by atoms with Gasteiger partial charge in [0.25, 0.3) is 7.82 Å². The maximum Gasteiger partial charge on any atom is 0.306 e. The van der Waals surface area contributed by atoms with E-state index in [9.17, 15) is 19.0 Å². The van der Waals surface area contributed by atoms with Crippen molar-refractivity contribution in [1.82, 2.24) is 0 Å². The zero-order valence-electron chi connectivity index (χ0n) is 51.4. The number of ether oxygens (including phenoxy) is 2. The number of hydrogen-bond acceptors (Lipinski definition) is 8. The van der Waals surface area contributed by atoms with Crippen LogP contribution in [0.4, 0.5) is 0 Å². The molecule has 452 valence electrons. The van der Waals surface area contributed by atoms with Crippen LogP contribution in [0.2, 0.25) is 0 Å². The van der Waals surface area contributed by atoms with Crippen molar-refractivity contribution in [3.05, 3.63) is 48.6 Å². The normalized spacial score (nSPS) is 13.5. The van der Waals surface area contributed by atoms with Gasteiger partial charge in [-0.2, -0.15) is 0 Å². The predicted molar refractivity (Wildman–Crippen MR) is 328 cm³/mol. The Bertz CT molecular complexity index is 1440. The van der Waals surface area contributed by atoms with Crippen molar-refractivity contribution >= 4 is 19.8 Å². The van der Waals surface area contributed by atoms with Crippen molar-refractivity contribution in [3.63, 3.8) is 0 Å². The molecule has 0 aliphatic rings. The van der Waals surface area contributed by atoms with Crippen molar-refractivity contribution in [1.29, 1.82) is 0 Å². The zero-order valence-corrected chi connectivity index (χ0v) is 52.3. The molecule has 0 aromatic rings. The van der Waals surface area contributed by atoms with Gasteiger partial charge in [0, 0.05) is 12.8 Å². The highest BCUT2D eigenvalue weighted by Crippen LogP contribution is 2.38. The third-order valence-corrected chi connectivity index (χ3v) is 15.6. The van der Waals surface area contributed by atoms with E-state index in [1.165, 1.54) is 199 Å². The van der Waals surface area contributed by atoms with E-state index < -0.39 is 26.5 Å². The number of carbonyl (C=O) groups is 2. The molecule has 0 rings (SSSR count).